The minimum Gasteiger partial charge on any atom is -0.465 e. The first kappa shape index (κ1) is 23.6. The van der Waals surface area contributed by atoms with Crippen LogP contribution in [0.2, 0.25) is 0 Å². The van der Waals surface area contributed by atoms with Crippen molar-refractivity contribution >= 4 is 27.8 Å². The number of carbonyl (C=O) groups is 1. The topological polar surface area (TPSA) is 150 Å². The molecule has 0 fully saturated rings. The Bertz CT molecular complexity index is 1850. The van der Waals surface area contributed by atoms with Crippen molar-refractivity contribution in [3.8, 4) is 28.5 Å². The molecule has 2 aromatic carbocycles. The molecule has 3 heterocycles. The fraction of sp³-hybridized carbons (Fsp3) is 0.154. The Morgan fingerprint density at radius 2 is 2.00 bits per heavy atom. The van der Waals surface area contributed by atoms with Crippen molar-refractivity contribution in [1.82, 2.24) is 30.3 Å². The number of hydrogen-bond acceptors (Lipinski definition) is 6. The van der Waals surface area contributed by atoms with Gasteiger partial charge in [-0.2, -0.15) is 15.5 Å². The van der Waals surface area contributed by atoms with Gasteiger partial charge in [0.1, 0.15) is 11.9 Å². The number of aromatic amines is 1. The van der Waals surface area contributed by atoms with Crippen molar-refractivity contribution in [3.63, 3.8) is 0 Å². The van der Waals surface area contributed by atoms with Gasteiger partial charge >= 0.3 is 6.09 Å². The lowest BCUT2D eigenvalue weighted by atomic mass is 9.92. The molecule has 0 radical (unpaired) electrons. The molecule has 0 unspecified atom stereocenters. The van der Waals surface area contributed by atoms with Crippen LogP contribution in [0.5, 0.6) is 0 Å². The second-order valence-electron chi connectivity index (χ2n) is 8.66. The average molecular weight is 497 g/mol. The van der Waals surface area contributed by atoms with Gasteiger partial charge in [0, 0.05) is 29.6 Å². The van der Waals surface area contributed by atoms with E-state index in [2.05, 4.69) is 31.7 Å². The number of aromatic nitrogens is 5. The van der Waals surface area contributed by atoms with Gasteiger partial charge in [-0.1, -0.05) is 6.07 Å². The van der Waals surface area contributed by atoms with Crippen LogP contribution in [0.25, 0.3) is 44.1 Å². The predicted octanol–water partition coefficient (Wildman–Crippen LogP) is 3.93. The lowest BCUT2D eigenvalue weighted by Gasteiger charge is -2.15. The number of pyridine rings is 1. The molecule has 0 atom stereocenters. The Labute approximate surface area is 209 Å². The second kappa shape index (κ2) is 8.83. The number of nitrogens with one attached hydrogen (secondary N) is 2. The zero-order chi connectivity index (χ0) is 26.4. The molecule has 0 aliphatic rings. The first-order valence-electron chi connectivity index (χ1n) is 11.2. The zero-order valence-corrected chi connectivity index (χ0v) is 20.0. The van der Waals surface area contributed by atoms with Crippen molar-refractivity contribution in [2.75, 3.05) is 0 Å². The first-order chi connectivity index (χ1) is 17.7. The van der Waals surface area contributed by atoms with Gasteiger partial charge < -0.3 is 10.4 Å². The number of amides is 1. The second-order valence-corrected chi connectivity index (χ2v) is 8.66. The molecule has 37 heavy (non-hydrogen) atoms. The lowest BCUT2D eigenvalue weighted by molar-refractivity contribution is 0.194. The van der Waals surface area contributed by atoms with Crippen molar-refractivity contribution in [1.29, 1.82) is 5.26 Å². The van der Waals surface area contributed by atoms with Crippen molar-refractivity contribution in [3.05, 3.63) is 75.2 Å². The van der Waals surface area contributed by atoms with Gasteiger partial charge in [-0.05, 0) is 48.7 Å². The highest BCUT2D eigenvalue weighted by atomic mass is 19.1. The highest BCUT2D eigenvalue weighted by Gasteiger charge is 2.25. The quantitative estimate of drug-likeness (QED) is 0.340. The number of fused-ring (bicyclic) bond motifs is 2. The number of benzene rings is 2. The first-order valence-corrected chi connectivity index (χ1v) is 11.2. The maximum atomic E-state index is 16.0. The molecule has 184 valence electrons. The Morgan fingerprint density at radius 3 is 2.73 bits per heavy atom. The van der Waals surface area contributed by atoms with E-state index in [1.807, 2.05) is 6.92 Å². The molecule has 3 N–H and O–H groups in total. The van der Waals surface area contributed by atoms with Gasteiger partial charge in [0.25, 0.3) is 5.56 Å². The number of rotatable bonds is 4. The predicted molar refractivity (Wildman–Crippen MR) is 134 cm³/mol. The van der Waals surface area contributed by atoms with E-state index < -0.39 is 17.5 Å². The van der Waals surface area contributed by atoms with E-state index in [1.165, 1.54) is 4.68 Å². The molecule has 11 heteroatoms. The smallest absolute Gasteiger partial charge is 0.404 e. The van der Waals surface area contributed by atoms with Crippen molar-refractivity contribution in [2.24, 2.45) is 7.05 Å². The summed E-state index contributed by atoms with van der Waals surface area (Å²) in [4.78, 5) is 27.8. The van der Waals surface area contributed by atoms with Crippen LogP contribution in [0.1, 0.15) is 22.4 Å². The Kier molecular flexibility index (Phi) is 5.64. The van der Waals surface area contributed by atoms with E-state index in [0.29, 0.717) is 49.8 Å². The summed E-state index contributed by atoms with van der Waals surface area (Å²) in [5, 5.41) is 33.3. The van der Waals surface area contributed by atoms with Crippen LogP contribution in [0.15, 0.2) is 41.5 Å². The molecule has 5 rings (SSSR count). The van der Waals surface area contributed by atoms with E-state index in [4.69, 9.17) is 5.11 Å². The molecule has 3 aromatic heterocycles. The van der Waals surface area contributed by atoms with Crippen LogP contribution in [-0.4, -0.2) is 36.2 Å². The molecule has 0 spiro atoms. The largest absolute Gasteiger partial charge is 0.465 e. The van der Waals surface area contributed by atoms with Crippen LogP contribution in [-0.2, 0) is 13.6 Å². The third-order valence-electron chi connectivity index (χ3n) is 6.34. The van der Waals surface area contributed by atoms with Gasteiger partial charge in [-0.15, -0.1) is 0 Å². The standard InChI is InChI=1S/C26H20FN7O3/c1-12-6-16-13(2)22(27)21(18(8-28)23(16)29-9-12)24-19(10-31-34(24)3)14-4-5-15-17(7-14)20(11-30-26(36)37)32-33-25(15)35/h4-7,9-10,30H,11H2,1-3H3,(H,33,35)(H,36,37). The maximum Gasteiger partial charge on any atom is 0.404 e. The molecule has 0 aliphatic heterocycles. The number of halogens is 1. The van der Waals surface area contributed by atoms with Crippen LogP contribution >= 0.6 is 0 Å². The summed E-state index contributed by atoms with van der Waals surface area (Å²) in [6, 6.07) is 8.88. The van der Waals surface area contributed by atoms with E-state index in [-0.39, 0.29) is 17.7 Å². The zero-order valence-electron chi connectivity index (χ0n) is 20.0. The number of H-pyrrole nitrogens is 1. The minimum absolute atomic E-state index is 0.0794. The Morgan fingerprint density at radius 1 is 1.22 bits per heavy atom. The number of hydrogen-bond donors (Lipinski definition) is 3. The average Bonchev–Trinajstić information content (AvgIpc) is 3.26. The summed E-state index contributed by atoms with van der Waals surface area (Å²) in [7, 11) is 1.65. The summed E-state index contributed by atoms with van der Waals surface area (Å²) in [5.41, 5.74) is 3.12. The Hall–Kier alpha value is -5.11. The highest BCUT2D eigenvalue weighted by Crippen LogP contribution is 2.40. The van der Waals surface area contributed by atoms with Gasteiger partial charge in [0.05, 0.1) is 46.2 Å². The van der Waals surface area contributed by atoms with Gasteiger partial charge in [0.2, 0.25) is 0 Å². The molecule has 0 aliphatic carbocycles. The summed E-state index contributed by atoms with van der Waals surface area (Å²) in [6.45, 7) is 3.37. The fourth-order valence-corrected chi connectivity index (χ4v) is 4.55. The Balaban J connectivity index is 1.78. The number of nitriles is 1. The van der Waals surface area contributed by atoms with E-state index in [1.54, 1.807) is 50.6 Å². The normalized spacial score (nSPS) is 11.1. The number of nitrogens with zero attached hydrogens (tertiary/aromatic N) is 5. The fourth-order valence-electron chi connectivity index (χ4n) is 4.55. The van der Waals surface area contributed by atoms with Crippen LogP contribution in [0, 0.1) is 31.0 Å². The third kappa shape index (κ3) is 3.84. The molecule has 0 saturated carbocycles. The number of aryl methyl sites for hydroxylation is 3. The summed E-state index contributed by atoms with van der Waals surface area (Å²) < 4.78 is 17.4. The van der Waals surface area contributed by atoms with Gasteiger partial charge in [0.15, 0.2) is 0 Å². The molecular weight excluding hydrogens is 477 g/mol. The van der Waals surface area contributed by atoms with Crippen molar-refractivity contribution in [2.45, 2.75) is 20.4 Å². The monoisotopic (exact) mass is 497 g/mol. The van der Waals surface area contributed by atoms with Gasteiger partial charge in [-0.3, -0.25) is 14.5 Å². The lowest BCUT2D eigenvalue weighted by Crippen LogP contribution is -2.22. The van der Waals surface area contributed by atoms with Crippen LogP contribution in [0.3, 0.4) is 0 Å². The molecule has 0 bridgehead atoms. The SMILES string of the molecule is Cc1cnc2c(C#N)c(-c3c(-c4ccc5c(=O)[nH]nc(CNC(=O)O)c5c4)cnn3C)c(F)c(C)c2c1. The third-order valence-corrected chi connectivity index (χ3v) is 6.34. The summed E-state index contributed by atoms with van der Waals surface area (Å²) in [5.74, 6) is -0.549. The molecule has 1 amide bonds. The molecule has 5 aromatic rings. The van der Waals surface area contributed by atoms with E-state index in [9.17, 15) is 14.9 Å². The molecule has 0 saturated heterocycles. The molecule has 10 nitrogen and oxygen atoms in total. The summed E-state index contributed by atoms with van der Waals surface area (Å²) >= 11 is 0. The van der Waals surface area contributed by atoms with E-state index >= 15 is 4.39 Å². The van der Waals surface area contributed by atoms with Gasteiger partial charge in [-0.25, -0.2) is 14.3 Å². The van der Waals surface area contributed by atoms with Crippen LogP contribution < -0.4 is 10.9 Å². The maximum absolute atomic E-state index is 16.0. The highest BCUT2D eigenvalue weighted by molar-refractivity contribution is 5.98. The number of carboxylic acid groups (broad SMARTS) is 1. The van der Waals surface area contributed by atoms with E-state index in [0.717, 1.165) is 5.56 Å². The molecular formula is C26H20FN7O3. The van der Waals surface area contributed by atoms with Crippen LogP contribution in [0.4, 0.5) is 9.18 Å². The minimum atomic E-state index is -1.23. The summed E-state index contributed by atoms with van der Waals surface area (Å²) in [6.07, 6.45) is 1.95. The van der Waals surface area contributed by atoms with Crippen molar-refractivity contribution < 1.29 is 14.3 Å².